The monoisotopic (exact) mass is 306 g/mol. The fraction of sp³-hybridized carbons (Fsp3) is 0.800. The highest BCUT2D eigenvalue weighted by Crippen LogP contribution is 2.62. The van der Waals surface area contributed by atoms with Crippen molar-refractivity contribution < 1.29 is 10.2 Å². The third kappa shape index (κ3) is 2.92. The molecular formula is C20H34O2. The first-order valence-corrected chi connectivity index (χ1v) is 8.76. The molecule has 2 aliphatic rings. The molecule has 0 aromatic carbocycles. The zero-order chi connectivity index (χ0) is 16.8. The minimum atomic E-state index is -0.707. The van der Waals surface area contributed by atoms with Crippen LogP contribution >= 0.6 is 0 Å². The van der Waals surface area contributed by atoms with Crippen molar-refractivity contribution in [3.8, 4) is 0 Å². The Morgan fingerprint density at radius 2 is 1.86 bits per heavy atom. The zero-order valence-electron chi connectivity index (χ0n) is 14.9. The highest BCUT2D eigenvalue weighted by atomic mass is 16.3. The molecule has 2 aliphatic carbocycles. The van der Waals surface area contributed by atoms with E-state index >= 15 is 0 Å². The second kappa shape index (κ2) is 5.79. The topological polar surface area (TPSA) is 40.5 Å². The van der Waals surface area contributed by atoms with Crippen molar-refractivity contribution in [2.45, 2.75) is 77.9 Å². The van der Waals surface area contributed by atoms with Crippen LogP contribution in [0.15, 0.2) is 24.8 Å². The average Bonchev–Trinajstić information content (AvgIpc) is 2.40. The molecule has 0 unspecified atom stereocenters. The van der Waals surface area contributed by atoms with Gasteiger partial charge in [0.15, 0.2) is 0 Å². The van der Waals surface area contributed by atoms with Gasteiger partial charge in [0.05, 0.1) is 11.7 Å². The van der Waals surface area contributed by atoms with E-state index in [0.717, 1.165) is 19.3 Å². The van der Waals surface area contributed by atoms with Gasteiger partial charge in [-0.1, -0.05) is 46.4 Å². The molecule has 2 N–H and O–H groups in total. The van der Waals surface area contributed by atoms with Gasteiger partial charge in [-0.25, -0.2) is 0 Å². The number of hydrogen-bond acceptors (Lipinski definition) is 2. The van der Waals surface area contributed by atoms with Gasteiger partial charge in [0.2, 0.25) is 0 Å². The van der Waals surface area contributed by atoms with E-state index in [1.54, 1.807) is 6.08 Å². The maximum Gasteiger partial charge on any atom is 0.0788 e. The molecule has 2 fully saturated rings. The summed E-state index contributed by atoms with van der Waals surface area (Å²) < 4.78 is 0. The summed E-state index contributed by atoms with van der Waals surface area (Å²) in [5.74, 6) is 0.716. The lowest BCUT2D eigenvalue weighted by Gasteiger charge is -2.61. The summed E-state index contributed by atoms with van der Waals surface area (Å²) in [6.45, 7) is 16.7. The molecule has 0 amide bonds. The third-order valence-electron chi connectivity index (χ3n) is 6.91. The Morgan fingerprint density at radius 3 is 2.45 bits per heavy atom. The zero-order valence-corrected chi connectivity index (χ0v) is 14.9. The molecule has 0 aromatic rings. The molecule has 2 saturated carbocycles. The molecule has 22 heavy (non-hydrogen) atoms. The molecule has 2 heteroatoms. The molecule has 2 rings (SSSR count). The highest BCUT2D eigenvalue weighted by Gasteiger charge is 2.58. The average molecular weight is 306 g/mol. The lowest BCUT2D eigenvalue weighted by molar-refractivity contribution is -0.174. The minimum Gasteiger partial charge on any atom is -0.390 e. The van der Waals surface area contributed by atoms with Gasteiger partial charge in [-0.2, -0.15) is 0 Å². The number of hydrogen-bond donors (Lipinski definition) is 2. The van der Waals surface area contributed by atoms with Crippen LogP contribution in [-0.2, 0) is 0 Å². The molecule has 0 bridgehead atoms. The fourth-order valence-electron chi connectivity index (χ4n) is 5.66. The summed E-state index contributed by atoms with van der Waals surface area (Å²) in [5, 5.41) is 21.5. The van der Waals surface area contributed by atoms with Gasteiger partial charge in [-0.05, 0) is 67.3 Å². The van der Waals surface area contributed by atoms with Crippen LogP contribution in [0.1, 0.15) is 66.2 Å². The van der Waals surface area contributed by atoms with Crippen molar-refractivity contribution >= 4 is 0 Å². The molecule has 0 heterocycles. The van der Waals surface area contributed by atoms with E-state index in [9.17, 15) is 10.2 Å². The SMILES string of the molecule is C=CC(=C)[C@H](O)C[C@@H]1[C@@]2(C)CCCC(C)(C)[C@@H]2CC[C@@]1(C)O. The summed E-state index contributed by atoms with van der Waals surface area (Å²) >= 11 is 0. The van der Waals surface area contributed by atoms with E-state index in [1.165, 1.54) is 12.8 Å². The van der Waals surface area contributed by atoms with Crippen molar-refractivity contribution in [2.75, 3.05) is 0 Å². The number of rotatable bonds is 4. The van der Waals surface area contributed by atoms with Crippen LogP contribution in [-0.4, -0.2) is 21.9 Å². The summed E-state index contributed by atoms with van der Waals surface area (Å²) in [6.07, 6.45) is 7.16. The first-order chi connectivity index (χ1) is 10.0. The molecule has 0 spiro atoms. The first kappa shape index (κ1) is 17.7. The van der Waals surface area contributed by atoms with Crippen molar-refractivity contribution in [3.05, 3.63) is 24.8 Å². The molecule has 5 atom stereocenters. The van der Waals surface area contributed by atoms with Gasteiger partial charge in [-0.15, -0.1) is 0 Å². The molecule has 2 nitrogen and oxygen atoms in total. The van der Waals surface area contributed by atoms with Gasteiger partial charge in [0.25, 0.3) is 0 Å². The number of aliphatic hydroxyl groups excluding tert-OH is 1. The number of aliphatic hydroxyl groups is 2. The van der Waals surface area contributed by atoms with Gasteiger partial charge in [0.1, 0.15) is 0 Å². The van der Waals surface area contributed by atoms with Crippen LogP contribution in [0.5, 0.6) is 0 Å². The normalized spacial score (nSPS) is 42.3. The quantitative estimate of drug-likeness (QED) is 0.752. The van der Waals surface area contributed by atoms with Crippen LogP contribution in [0.25, 0.3) is 0 Å². The van der Waals surface area contributed by atoms with Crippen LogP contribution < -0.4 is 0 Å². The summed E-state index contributed by atoms with van der Waals surface area (Å²) in [6, 6.07) is 0. The van der Waals surface area contributed by atoms with E-state index < -0.39 is 11.7 Å². The molecule has 126 valence electrons. The van der Waals surface area contributed by atoms with Crippen LogP contribution in [0.2, 0.25) is 0 Å². The Bertz CT molecular complexity index is 449. The van der Waals surface area contributed by atoms with Crippen LogP contribution in [0, 0.1) is 22.7 Å². The predicted octanol–water partition coefficient (Wildman–Crippen LogP) is 4.47. The molecular weight excluding hydrogens is 272 g/mol. The lowest BCUT2D eigenvalue weighted by Crippen LogP contribution is -2.58. The summed E-state index contributed by atoms with van der Waals surface area (Å²) in [5.41, 5.74) is 0.367. The standard InChI is InChI=1S/C20H34O2/c1-7-14(2)15(21)13-17-19(5)11-8-10-18(3,4)16(19)9-12-20(17,6)22/h7,15-17,21-22H,1-2,8-13H2,3-6H3/t15-,16+,17-,19+,20-/m1/s1. The van der Waals surface area contributed by atoms with Gasteiger partial charge in [0, 0.05) is 0 Å². The number of fused-ring (bicyclic) bond motifs is 1. The second-order valence-corrected chi connectivity index (χ2v) is 8.88. The fourth-order valence-corrected chi connectivity index (χ4v) is 5.66. The Kier molecular flexibility index (Phi) is 4.68. The third-order valence-corrected chi connectivity index (χ3v) is 6.91. The molecule has 0 aliphatic heterocycles. The maximum atomic E-state index is 11.0. The minimum absolute atomic E-state index is 0.0892. The van der Waals surface area contributed by atoms with Gasteiger partial charge < -0.3 is 10.2 Å². The predicted molar refractivity (Wildman–Crippen MR) is 92.5 cm³/mol. The Morgan fingerprint density at radius 1 is 1.23 bits per heavy atom. The van der Waals surface area contributed by atoms with Crippen molar-refractivity contribution in [1.82, 2.24) is 0 Å². The maximum absolute atomic E-state index is 11.0. The molecule has 0 aromatic heterocycles. The smallest absolute Gasteiger partial charge is 0.0788 e. The van der Waals surface area contributed by atoms with Gasteiger partial charge in [-0.3, -0.25) is 0 Å². The summed E-state index contributed by atoms with van der Waals surface area (Å²) in [4.78, 5) is 0. The largest absolute Gasteiger partial charge is 0.390 e. The first-order valence-electron chi connectivity index (χ1n) is 8.76. The van der Waals surface area contributed by atoms with E-state index in [1.807, 2.05) is 6.92 Å². The highest BCUT2D eigenvalue weighted by molar-refractivity contribution is 5.18. The van der Waals surface area contributed by atoms with Gasteiger partial charge >= 0.3 is 0 Å². The van der Waals surface area contributed by atoms with Crippen molar-refractivity contribution in [2.24, 2.45) is 22.7 Å². The Hall–Kier alpha value is -0.600. The lowest BCUT2D eigenvalue weighted by atomic mass is 9.45. The summed E-state index contributed by atoms with van der Waals surface area (Å²) in [7, 11) is 0. The van der Waals surface area contributed by atoms with Crippen molar-refractivity contribution in [1.29, 1.82) is 0 Å². The van der Waals surface area contributed by atoms with E-state index in [0.29, 0.717) is 23.3 Å². The second-order valence-electron chi connectivity index (χ2n) is 8.88. The Balaban J connectivity index is 2.34. The van der Waals surface area contributed by atoms with Crippen molar-refractivity contribution in [3.63, 3.8) is 0 Å². The van der Waals surface area contributed by atoms with E-state index in [4.69, 9.17) is 0 Å². The van der Waals surface area contributed by atoms with E-state index in [2.05, 4.69) is 33.9 Å². The van der Waals surface area contributed by atoms with Crippen LogP contribution in [0.4, 0.5) is 0 Å². The van der Waals surface area contributed by atoms with E-state index in [-0.39, 0.29) is 11.3 Å². The Labute approximate surface area is 136 Å². The molecule has 0 saturated heterocycles. The van der Waals surface area contributed by atoms with Crippen LogP contribution in [0.3, 0.4) is 0 Å². The molecule has 0 radical (unpaired) electrons.